The van der Waals surface area contributed by atoms with Gasteiger partial charge >= 0.3 is 0 Å². The van der Waals surface area contributed by atoms with Gasteiger partial charge in [-0.15, -0.1) is 0 Å². The Balaban J connectivity index is 1.88. The van der Waals surface area contributed by atoms with Gasteiger partial charge in [0.25, 0.3) is 0 Å². The zero-order valence-electron chi connectivity index (χ0n) is 10.6. The van der Waals surface area contributed by atoms with E-state index in [9.17, 15) is 8.42 Å². The molecule has 1 aliphatic carbocycles. The number of H-pyrrole nitrogens is 1. The molecule has 1 aliphatic rings. The third-order valence-corrected chi connectivity index (χ3v) is 5.56. The van der Waals surface area contributed by atoms with Gasteiger partial charge in [0.15, 0.2) is 10.8 Å². The van der Waals surface area contributed by atoms with Crippen LogP contribution in [-0.2, 0) is 10.0 Å². The molecule has 0 unspecified atom stereocenters. The summed E-state index contributed by atoms with van der Waals surface area (Å²) in [6.07, 6.45) is 5.75. The molecule has 3 rings (SSSR count). The summed E-state index contributed by atoms with van der Waals surface area (Å²) in [6, 6.07) is 0. The fourth-order valence-corrected chi connectivity index (χ4v) is 4.11. The molecule has 0 aliphatic heterocycles. The Bertz CT molecular complexity index is 723. The van der Waals surface area contributed by atoms with Crippen LogP contribution in [0.25, 0.3) is 11.2 Å². The average molecular weight is 316 g/mol. The van der Waals surface area contributed by atoms with Crippen molar-refractivity contribution in [1.82, 2.24) is 19.9 Å². The number of halogens is 1. The summed E-state index contributed by atoms with van der Waals surface area (Å²) in [5.74, 6) is -0.0276. The van der Waals surface area contributed by atoms with Crippen LogP contribution in [0.3, 0.4) is 0 Å². The van der Waals surface area contributed by atoms with Gasteiger partial charge in [-0.1, -0.05) is 30.9 Å². The first-order chi connectivity index (χ1) is 9.56. The molecule has 108 valence electrons. The van der Waals surface area contributed by atoms with Crippen molar-refractivity contribution in [3.63, 3.8) is 0 Å². The van der Waals surface area contributed by atoms with E-state index in [2.05, 4.69) is 24.7 Å². The minimum absolute atomic E-state index is 0.0276. The lowest BCUT2D eigenvalue weighted by molar-refractivity contribution is 0.486. The van der Waals surface area contributed by atoms with Crippen LogP contribution in [0.4, 0.5) is 5.95 Å². The second kappa shape index (κ2) is 5.17. The van der Waals surface area contributed by atoms with E-state index in [0.29, 0.717) is 24.0 Å². The van der Waals surface area contributed by atoms with Gasteiger partial charge in [-0.25, -0.2) is 13.4 Å². The molecule has 20 heavy (non-hydrogen) atoms. The van der Waals surface area contributed by atoms with Gasteiger partial charge in [-0.2, -0.15) is 9.97 Å². The molecule has 0 amide bonds. The summed E-state index contributed by atoms with van der Waals surface area (Å²) in [4.78, 5) is 14.7. The summed E-state index contributed by atoms with van der Waals surface area (Å²) in [5.41, 5.74) is 0.832. The van der Waals surface area contributed by atoms with Crippen LogP contribution >= 0.6 is 11.6 Å². The number of hydrogen-bond donors (Lipinski definition) is 2. The highest BCUT2D eigenvalue weighted by atomic mass is 35.5. The third kappa shape index (κ3) is 2.57. The summed E-state index contributed by atoms with van der Waals surface area (Å²) in [6.45, 7) is 0. The van der Waals surface area contributed by atoms with Gasteiger partial charge in [0, 0.05) is 0 Å². The predicted octanol–water partition coefficient (Wildman–Crippen LogP) is 2.08. The number of nitrogens with one attached hydrogen (secondary N) is 2. The largest absolute Gasteiger partial charge is 0.341 e. The highest BCUT2D eigenvalue weighted by molar-refractivity contribution is 7.93. The van der Waals surface area contributed by atoms with Gasteiger partial charge in [0.05, 0.1) is 11.6 Å². The zero-order chi connectivity index (χ0) is 14.2. The van der Waals surface area contributed by atoms with E-state index >= 15 is 0 Å². The first-order valence-corrected chi connectivity index (χ1v) is 8.37. The second-order valence-electron chi connectivity index (χ2n) is 4.85. The summed E-state index contributed by atoms with van der Waals surface area (Å²) in [7, 11) is -3.48. The number of fused-ring (bicyclic) bond motifs is 1. The van der Waals surface area contributed by atoms with E-state index in [1.54, 1.807) is 0 Å². The first-order valence-electron chi connectivity index (χ1n) is 6.44. The third-order valence-electron chi connectivity index (χ3n) is 3.47. The first kappa shape index (κ1) is 13.6. The molecule has 9 heteroatoms. The molecule has 0 spiro atoms. The fourth-order valence-electron chi connectivity index (χ4n) is 2.43. The minimum atomic E-state index is -3.48. The van der Waals surface area contributed by atoms with E-state index < -0.39 is 10.0 Å². The van der Waals surface area contributed by atoms with Crippen LogP contribution in [0.5, 0.6) is 0 Å². The van der Waals surface area contributed by atoms with Crippen molar-refractivity contribution >= 4 is 38.7 Å². The maximum atomic E-state index is 12.3. The van der Waals surface area contributed by atoms with Crippen molar-refractivity contribution in [2.45, 2.75) is 37.4 Å². The Kier molecular flexibility index (Phi) is 3.51. The van der Waals surface area contributed by atoms with Crippen LogP contribution < -0.4 is 4.72 Å². The highest BCUT2D eigenvalue weighted by Gasteiger charge is 2.28. The van der Waals surface area contributed by atoms with Gasteiger partial charge in [0.2, 0.25) is 16.0 Å². The Morgan fingerprint density at radius 1 is 1.25 bits per heavy atom. The lowest BCUT2D eigenvalue weighted by Crippen LogP contribution is -2.30. The molecule has 2 N–H and O–H groups in total. The quantitative estimate of drug-likeness (QED) is 0.844. The van der Waals surface area contributed by atoms with Crippen LogP contribution in [-0.4, -0.2) is 33.6 Å². The number of rotatable bonds is 3. The lowest BCUT2D eigenvalue weighted by Gasteiger charge is -2.21. The number of sulfonamides is 1. The molecule has 2 aromatic rings. The Morgan fingerprint density at radius 3 is 2.75 bits per heavy atom. The molecular formula is C11H14ClN5O2S. The summed E-state index contributed by atoms with van der Waals surface area (Å²) in [5, 5.41) is -0.234. The van der Waals surface area contributed by atoms with Crippen molar-refractivity contribution in [3.05, 3.63) is 11.5 Å². The van der Waals surface area contributed by atoms with Crippen molar-refractivity contribution in [2.24, 2.45) is 0 Å². The SMILES string of the molecule is O=S(=O)(Nc1nc(Cl)c2[nH]cnc2n1)C1CCCCC1. The Hall–Kier alpha value is -1.41. The molecule has 2 aromatic heterocycles. The number of aromatic amines is 1. The van der Waals surface area contributed by atoms with Crippen molar-refractivity contribution in [1.29, 1.82) is 0 Å². The maximum absolute atomic E-state index is 12.3. The molecule has 0 aromatic carbocycles. The monoisotopic (exact) mass is 315 g/mol. The molecule has 1 saturated carbocycles. The van der Waals surface area contributed by atoms with Crippen molar-refractivity contribution in [2.75, 3.05) is 4.72 Å². The molecule has 2 heterocycles. The molecular weight excluding hydrogens is 302 g/mol. The van der Waals surface area contributed by atoms with Gasteiger partial charge in [0.1, 0.15) is 5.52 Å². The second-order valence-corrected chi connectivity index (χ2v) is 7.17. The Labute approximate surface area is 121 Å². The molecule has 7 nitrogen and oxygen atoms in total. The van der Waals surface area contributed by atoms with E-state index in [-0.39, 0.29) is 16.4 Å². The van der Waals surface area contributed by atoms with Crippen molar-refractivity contribution < 1.29 is 8.42 Å². The van der Waals surface area contributed by atoms with Crippen molar-refractivity contribution in [3.8, 4) is 0 Å². The van der Waals surface area contributed by atoms with Crippen LogP contribution in [0.1, 0.15) is 32.1 Å². The minimum Gasteiger partial charge on any atom is -0.341 e. The summed E-state index contributed by atoms with van der Waals surface area (Å²) >= 11 is 5.96. The van der Waals surface area contributed by atoms with E-state index in [1.807, 2.05) is 0 Å². The number of nitrogens with zero attached hydrogens (tertiary/aromatic N) is 3. The van der Waals surface area contributed by atoms with Gasteiger partial charge in [-0.3, -0.25) is 4.72 Å². The van der Waals surface area contributed by atoms with Gasteiger partial charge < -0.3 is 4.98 Å². The zero-order valence-corrected chi connectivity index (χ0v) is 12.2. The topological polar surface area (TPSA) is 101 Å². The Morgan fingerprint density at radius 2 is 2.00 bits per heavy atom. The van der Waals surface area contributed by atoms with E-state index in [1.165, 1.54) is 6.33 Å². The number of imidazole rings is 1. The summed E-state index contributed by atoms with van der Waals surface area (Å²) < 4.78 is 27.0. The van der Waals surface area contributed by atoms with Crippen LogP contribution in [0.15, 0.2) is 6.33 Å². The number of anilines is 1. The molecule has 0 bridgehead atoms. The number of aromatic nitrogens is 4. The highest BCUT2D eigenvalue weighted by Crippen LogP contribution is 2.25. The predicted molar refractivity (Wildman–Crippen MR) is 76.1 cm³/mol. The standard InChI is InChI=1S/C11H14ClN5O2S/c12-9-8-10(14-6-13-8)16-11(15-9)17-20(18,19)7-4-2-1-3-5-7/h6-7H,1-5H2,(H2,13,14,15,16,17). The fraction of sp³-hybridized carbons (Fsp3) is 0.545. The van der Waals surface area contributed by atoms with E-state index in [0.717, 1.165) is 19.3 Å². The maximum Gasteiger partial charge on any atom is 0.240 e. The van der Waals surface area contributed by atoms with E-state index in [4.69, 9.17) is 11.6 Å². The molecule has 0 radical (unpaired) electrons. The molecule has 0 atom stereocenters. The molecule has 0 saturated heterocycles. The smallest absolute Gasteiger partial charge is 0.240 e. The lowest BCUT2D eigenvalue weighted by atomic mass is 10.0. The average Bonchev–Trinajstić information content (AvgIpc) is 2.88. The molecule has 1 fully saturated rings. The van der Waals surface area contributed by atoms with Gasteiger partial charge in [-0.05, 0) is 12.8 Å². The van der Waals surface area contributed by atoms with Crippen LogP contribution in [0.2, 0.25) is 5.15 Å². The normalized spacial score (nSPS) is 17.4. The van der Waals surface area contributed by atoms with Crippen LogP contribution in [0, 0.1) is 0 Å². The number of hydrogen-bond acceptors (Lipinski definition) is 5.